The number of carbonyl (C=O) groups excluding carboxylic acids is 2. The average Bonchev–Trinajstić information content (AvgIpc) is 2.63. The second-order valence-corrected chi connectivity index (χ2v) is 7.95. The maximum atomic E-state index is 13.7. The predicted molar refractivity (Wildman–Crippen MR) is 103 cm³/mol. The van der Waals surface area contributed by atoms with Gasteiger partial charge in [0, 0.05) is 25.2 Å². The third kappa shape index (κ3) is 6.67. The fraction of sp³-hybridized carbons (Fsp3) is 0.600. The zero-order chi connectivity index (χ0) is 20.7. The van der Waals surface area contributed by atoms with E-state index in [0.717, 1.165) is 19.3 Å². The van der Waals surface area contributed by atoms with Crippen LogP contribution in [0, 0.1) is 5.82 Å². The Hall–Kier alpha value is -2.35. The van der Waals surface area contributed by atoms with E-state index in [0.29, 0.717) is 6.54 Å². The van der Waals surface area contributed by atoms with Gasteiger partial charge in [-0.2, -0.15) is 0 Å². The number of aliphatic hydroxyl groups is 1. The highest BCUT2D eigenvalue weighted by Gasteiger charge is 2.30. The Morgan fingerprint density at radius 2 is 2.00 bits per heavy atom. The topological polar surface area (TPSA) is 90.9 Å². The number of piperidine rings is 1. The van der Waals surface area contributed by atoms with Crippen LogP contribution in [-0.2, 0) is 4.74 Å². The van der Waals surface area contributed by atoms with E-state index in [-0.39, 0.29) is 30.8 Å². The summed E-state index contributed by atoms with van der Waals surface area (Å²) in [5.74, 6) is -0.521. The van der Waals surface area contributed by atoms with Crippen LogP contribution in [0.15, 0.2) is 24.3 Å². The van der Waals surface area contributed by atoms with Crippen molar-refractivity contribution in [3.63, 3.8) is 0 Å². The Labute approximate surface area is 165 Å². The Kier molecular flexibility index (Phi) is 7.62. The number of halogens is 1. The van der Waals surface area contributed by atoms with Gasteiger partial charge in [0.15, 0.2) is 0 Å². The second kappa shape index (κ2) is 9.73. The lowest BCUT2D eigenvalue weighted by molar-refractivity contribution is 0.0102. The van der Waals surface area contributed by atoms with Crippen LogP contribution < -0.4 is 10.6 Å². The van der Waals surface area contributed by atoms with Crippen LogP contribution in [-0.4, -0.2) is 53.4 Å². The van der Waals surface area contributed by atoms with Crippen molar-refractivity contribution in [2.75, 3.05) is 19.6 Å². The molecule has 0 bridgehead atoms. The Morgan fingerprint density at radius 3 is 2.68 bits per heavy atom. The van der Waals surface area contributed by atoms with Crippen molar-refractivity contribution < 1.29 is 23.8 Å². The lowest BCUT2D eigenvalue weighted by Gasteiger charge is -2.36. The summed E-state index contributed by atoms with van der Waals surface area (Å²) in [5, 5.41) is 15.3. The van der Waals surface area contributed by atoms with Gasteiger partial charge < -0.3 is 25.4 Å². The number of urea groups is 1. The molecule has 0 radical (unpaired) electrons. The third-order valence-electron chi connectivity index (χ3n) is 4.47. The van der Waals surface area contributed by atoms with Gasteiger partial charge in [0.25, 0.3) is 0 Å². The number of benzene rings is 1. The number of rotatable bonds is 5. The highest BCUT2D eigenvalue weighted by Crippen LogP contribution is 2.20. The molecule has 2 atom stereocenters. The summed E-state index contributed by atoms with van der Waals surface area (Å²) in [4.78, 5) is 26.1. The first-order chi connectivity index (χ1) is 13.2. The van der Waals surface area contributed by atoms with Crippen molar-refractivity contribution in [1.29, 1.82) is 0 Å². The van der Waals surface area contributed by atoms with Gasteiger partial charge in [0.2, 0.25) is 0 Å². The number of aliphatic hydroxyl groups excluding tert-OH is 1. The predicted octanol–water partition coefficient (Wildman–Crippen LogP) is 2.95. The van der Waals surface area contributed by atoms with Crippen LogP contribution in [0.1, 0.15) is 51.7 Å². The van der Waals surface area contributed by atoms with Crippen LogP contribution >= 0.6 is 0 Å². The molecule has 8 heteroatoms. The average molecular weight is 395 g/mol. The standard InChI is InChI=1S/C20H30FN3O4/c1-20(2,3)28-19(27)24-11-7-6-8-14(24)12-22-18(26)23-13-17(25)15-9-4-5-10-16(15)21/h4-5,9-10,14,17,25H,6-8,11-13H2,1-3H3,(H2,22,23,26). The molecular weight excluding hydrogens is 365 g/mol. The van der Waals surface area contributed by atoms with Crippen molar-refractivity contribution in [2.45, 2.75) is 57.8 Å². The van der Waals surface area contributed by atoms with E-state index in [1.165, 1.54) is 18.2 Å². The molecule has 1 heterocycles. The lowest BCUT2D eigenvalue weighted by atomic mass is 10.0. The molecule has 1 saturated heterocycles. The molecule has 1 aromatic carbocycles. The van der Waals surface area contributed by atoms with E-state index in [1.807, 2.05) is 20.8 Å². The molecule has 28 heavy (non-hydrogen) atoms. The lowest BCUT2D eigenvalue weighted by Crippen LogP contribution is -2.52. The number of nitrogens with zero attached hydrogens (tertiary/aromatic N) is 1. The van der Waals surface area contributed by atoms with Crippen LogP contribution in [0.3, 0.4) is 0 Å². The molecule has 2 rings (SSSR count). The third-order valence-corrected chi connectivity index (χ3v) is 4.47. The van der Waals surface area contributed by atoms with Gasteiger partial charge in [0.05, 0.1) is 12.1 Å². The minimum atomic E-state index is -1.14. The molecule has 3 N–H and O–H groups in total. The highest BCUT2D eigenvalue weighted by atomic mass is 19.1. The molecule has 1 aliphatic heterocycles. The fourth-order valence-electron chi connectivity index (χ4n) is 3.09. The summed E-state index contributed by atoms with van der Waals surface area (Å²) in [7, 11) is 0. The smallest absolute Gasteiger partial charge is 0.410 e. The first-order valence-corrected chi connectivity index (χ1v) is 9.61. The quantitative estimate of drug-likeness (QED) is 0.715. The summed E-state index contributed by atoms with van der Waals surface area (Å²) in [6.45, 7) is 6.20. The maximum Gasteiger partial charge on any atom is 0.410 e. The number of nitrogens with one attached hydrogen (secondary N) is 2. The summed E-state index contributed by atoms with van der Waals surface area (Å²) in [6.07, 6.45) is 1.13. The highest BCUT2D eigenvalue weighted by molar-refractivity contribution is 5.74. The zero-order valence-electron chi connectivity index (χ0n) is 16.7. The Morgan fingerprint density at radius 1 is 1.29 bits per heavy atom. The van der Waals surface area contributed by atoms with Crippen molar-refractivity contribution in [3.8, 4) is 0 Å². The van der Waals surface area contributed by atoms with Gasteiger partial charge in [-0.1, -0.05) is 18.2 Å². The molecule has 0 aliphatic carbocycles. The first-order valence-electron chi connectivity index (χ1n) is 9.61. The van der Waals surface area contributed by atoms with Crippen LogP contribution in [0.5, 0.6) is 0 Å². The zero-order valence-corrected chi connectivity index (χ0v) is 16.7. The van der Waals surface area contributed by atoms with E-state index < -0.39 is 23.6 Å². The van der Waals surface area contributed by atoms with E-state index in [4.69, 9.17) is 4.74 Å². The van der Waals surface area contributed by atoms with Crippen LogP contribution in [0.25, 0.3) is 0 Å². The fourth-order valence-corrected chi connectivity index (χ4v) is 3.09. The first kappa shape index (κ1) is 21.9. The molecule has 2 unspecified atom stereocenters. The van der Waals surface area contributed by atoms with E-state index >= 15 is 0 Å². The number of ether oxygens (including phenoxy) is 1. The maximum absolute atomic E-state index is 13.7. The minimum absolute atomic E-state index is 0.118. The summed E-state index contributed by atoms with van der Waals surface area (Å²) >= 11 is 0. The number of hydrogen-bond donors (Lipinski definition) is 3. The van der Waals surface area contributed by atoms with E-state index in [9.17, 15) is 19.1 Å². The molecule has 0 saturated carbocycles. The van der Waals surface area contributed by atoms with Gasteiger partial charge in [-0.3, -0.25) is 0 Å². The number of carbonyl (C=O) groups is 2. The molecule has 0 spiro atoms. The van der Waals surface area contributed by atoms with Crippen molar-refractivity contribution in [1.82, 2.24) is 15.5 Å². The minimum Gasteiger partial charge on any atom is -0.444 e. The van der Waals surface area contributed by atoms with Crippen molar-refractivity contribution in [2.24, 2.45) is 0 Å². The number of hydrogen-bond acceptors (Lipinski definition) is 4. The summed E-state index contributed by atoms with van der Waals surface area (Å²) in [6, 6.07) is 5.26. The molecule has 1 fully saturated rings. The molecule has 156 valence electrons. The van der Waals surface area contributed by atoms with Gasteiger partial charge in [-0.25, -0.2) is 14.0 Å². The second-order valence-electron chi connectivity index (χ2n) is 7.95. The molecule has 1 aliphatic rings. The van der Waals surface area contributed by atoms with Crippen molar-refractivity contribution in [3.05, 3.63) is 35.6 Å². The molecule has 1 aromatic rings. The Bertz CT molecular complexity index is 678. The van der Waals surface area contributed by atoms with Gasteiger partial charge in [0.1, 0.15) is 11.4 Å². The van der Waals surface area contributed by atoms with E-state index in [1.54, 1.807) is 11.0 Å². The molecular formula is C20H30FN3O4. The Balaban J connectivity index is 1.81. The van der Waals surface area contributed by atoms with Crippen molar-refractivity contribution >= 4 is 12.1 Å². The largest absolute Gasteiger partial charge is 0.444 e. The molecule has 3 amide bonds. The summed E-state index contributed by atoms with van der Waals surface area (Å²) < 4.78 is 19.1. The van der Waals surface area contributed by atoms with E-state index in [2.05, 4.69) is 10.6 Å². The van der Waals surface area contributed by atoms with Gasteiger partial charge in [-0.05, 0) is 46.1 Å². The number of amides is 3. The van der Waals surface area contributed by atoms with Gasteiger partial charge in [-0.15, -0.1) is 0 Å². The SMILES string of the molecule is CC(C)(C)OC(=O)N1CCCCC1CNC(=O)NCC(O)c1ccccc1F. The normalized spacial score (nSPS) is 18.3. The van der Waals surface area contributed by atoms with Crippen LogP contribution in [0.2, 0.25) is 0 Å². The number of likely N-dealkylation sites (tertiary alicyclic amines) is 1. The monoisotopic (exact) mass is 395 g/mol. The molecule has 7 nitrogen and oxygen atoms in total. The molecule has 0 aromatic heterocycles. The summed E-state index contributed by atoms with van der Waals surface area (Å²) in [5.41, 5.74) is -0.446. The van der Waals surface area contributed by atoms with Gasteiger partial charge >= 0.3 is 12.1 Å². The van der Waals surface area contributed by atoms with Crippen LogP contribution in [0.4, 0.5) is 14.0 Å².